The van der Waals surface area contributed by atoms with Crippen molar-refractivity contribution in [2.45, 2.75) is 36.3 Å². The third kappa shape index (κ3) is 4.30. The number of thioether (sulfide) groups is 1. The van der Waals surface area contributed by atoms with Gasteiger partial charge in [-0.05, 0) is 37.4 Å². The van der Waals surface area contributed by atoms with E-state index in [-0.39, 0.29) is 0 Å². The Morgan fingerprint density at radius 3 is 3.06 bits per heavy atom. The molecule has 1 N–H and O–H groups in total. The maximum absolute atomic E-state index is 5.46. The normalized spacial score (nSPS) is 17.9. The molecule has 0 fully saturated rings. The fraction of sp³-hybridized carbons (Fsp3) is 0.600. The number of fused-ring (bicyclic) bond motifs is 1. The van der Waals surface area contributed by atoms with Gasteiger partial charge < -0.3 is 10.1 Å². The third-order valence-electron chi connectivity index (χ3n) is 3.08. The maximum atomic E-state index is 5.46. The van der Waals surface area contributed by atoms with Gasteiger partial charge in [-0.15, -0.1) is 11.8 Å². The first-order valence-corrected chi connectivity index (χ1v) is 7.81. The minimum atomic E-state index is 0.707. The maximum Gasteiger partial charge on any atom is 0.0478 e. The van der Waals surface area contributed by atoms with Crippen molar-refractivity contribution in [2.24, 2.45) is 0 Å². The Kier molecular flexibility index (Phi) is 6.05. The van der Waals surface area contributed by atoms with Crippen LogP contribution in [0.25, 0.3) is 0 Å². The van der Waals surface area contributed by atoms with Gasteiger partial charge in [0.2, 0.25) is 0 Å². The molecule has 0 bridgehead atoms. The molecule has 0 radical (unpaired) electrons. The molecule has 1 aromatic rings. The first-order chi connectivity index (χ1) is 8.90. The van der Waals surface area contributed by atoms with Crippen molar-refractivity contribution in [3.63, 3.8) is 0 Å². The summed E-state index contributed by atoms with van der Waals surface area (Å²) in [6, 6.07) is 8.76. The van der Waals surface area contributed by atoms with E-state index in [0.29, 0.717) is 5.25 Å². The van der Waals surface area contributed by atoms with Crippen LogP contribution in [0.5, 0.6) is 0 Å². The van der Waals surface area contributed by atoms with E-state index in [1.165, 1.54) is 16.9 Å². The van der Waals surface area contributed by atoms with E-state index in [4.69, 9.17) is 4.74 Å². The molecule has 2 rings (SSSR count). The summed E-state index contributed by atoms with van der Waals surface area (Å²) in [5.41, 5.74) is 1.51. The number of hydrogen-bond donors (Lipinski definition) is 1. The Labute approximate surface area is 114 Å². The average Bonchev–Trinajstić information content (AvgIpc) is 2.80. The minimum absolute atomic E-state index is 0.707. The molecule has 1 aliphatic heterocycles. The predicted octanol–water partition coefficient (Wildman–Crippen LogP) is 3.11. The monoisotopic (exact) mass is 265 g/mol. The second kappa shape index (κ2) is 7.82. The van der Waals surface area contributed by atoms with Gasteiger partial charge in [0.15, 0.2) is 0 Å². The first-order valence-electron chi connectivity index (χ1n) is 6.93. The van der Waals surface area contributed by atoms with Crippen molar-refractivity contribution in [1.29, 1.82) is 0 Å². The molecule has 0 spiro atoms. The fourth-order valence-electron chi connectivity index (χ4n) is 2.18. The Hall–Kier alpha value is -0.510. The smallest absolute Gasteiger partial charge is 0.0478 e. The quantitative estimate of drug-likeness (QED) is 0.730. The fourth-order valence-corrected chi connectivity index (χ4v) is 3.46. The molecule has 18 heavy (non-hydrogen) atoms. The summed E-state index contributed by atoms with van der Waals surface area (Å²) >= 11 is 2.01. The van der Waals surface area contributed by atoms with E-state index < -0.39 is 0 Å². The first kappa shape index (κ1) is 13.9. The van der Waals surface area contributed by atoms with Crippen LogP contribution in [0.2, 0.25) is 0 Å². The highest BCUT2D eigenvalue weighted by Crippen LogP contribution is 2.36. The summed E-state index contributed by atoms with van der Waals surface area (Å²) in [4.78, 5) is 1.47. The Balaban J connectivity index is 1.54. The van der Waals surface area contributed by atoms with Gasteiger partial charge in [-0.2, -0.15) is 0 Å². The van der Waals surface area contributed by atoms with Gasteiger partial charge >= 0.3 is 0 Å². The molecule has 0 amide bonds. The average molecular weight is 265 g/mol. The highest BCUT2D eigenvalue weighted by atomic mass is 32.2. The summed E-state index contributed by atoms with van der Waals surface area (Å²) < 4.78 is 5.46. The largest absolute Gasteiger partial charge is 0.381 e. The summed E-state index contributed by atoms with van der Waals surface area (Å²) in [5.74, 6) is 0. The summed E-state index contributed by atoms with van der Waals surface area (Å²) in [6.07, 6.45) is 3.44. The van der Waals surface area contributed by atoms with Crippen molar-refractivity contribution in [2.75, 3.05) is 26.3 Å². The van der Waals surface area contributed by atoms with Crippen LogP contribution in [-0.4, -0.2) is 31.6 Å². The van der Waals surface area contributed by atoms with Crippen LogP contribution < -0.4 is 5.32 Å². The van der Waals surface area contributed by atoms with Crippen LogP contribution in [-0.2, 0) is 11.2 Å². The molecule has 0 saturated carbocycles. The lowest BCUT2D eigenvalue weighted by Crippen LogP contribution is -2.26. The highest BCUT2D eigenvalue weighted by molar-refractivity contribution is 8.00. The molecule has 100 valence electrons. The van der Waals surface area contributed by atoms with Crippen LogP contribution in [0.1, 0.15) is 25.3 Å². The Morgan fingerprint density at radius 2 is 2.22 bits per heavy atom. The van der Waals surface area contributed by atoms with Gasteiger partial charge in [-0.25, -0.2) is 0 Å². The van der Waals surface area contributed by atoms with E-state index in [1.54, 1.807) is 0 Å². The van der Waals surface area contributed by atoms with E-state index in [2.05, 4.69) is 36.5 Å². The minimum Gasteiger partial charge on any atom is -0.381 e. The summed E-state index contributed by atoms with van der Waals surface area (Å²) in [6.45, 7) is 6.10. The van der Waals surface area contributed by atoms with E-state index in [9.17, 15) is 0 Å². The predicted molar refractivity (Wildman–Crippen MR) is 78.4 cm³/mol. The molecule has 1 unspecified atom stereocenters. The molecule has 1 heterocycles. The SMILES string of the molecule is CCCOCCCNCC1Cc2ccccc2S1. The molecular weight excluding hydrogens is 242 g/mol. The molecule has 1 aliphatic rings. The lowest BCUT2D eigenvalue weighted by atomic mass is 10.1. The van der Waals surface area contributed by atoms with Gasteiger partial charge in [-0.1, -0.05) is 25.1 Å². The number of ether oxygens (including phenoxy) is 1. The number of benzene rings is 1. The van der Waals surface area contributed by atoms with Gasteiger partial charge in [0, 0.05) is 29.9 Å². The van der Waals surface area contributed by atoms with Gasteiger partial charge in [0.1, 0.15) is 0 Å². The lowest BCUT2D eigenvalue weighted by Gasteiger charge is -2.10. The van der Waals surface area contributed by atoms with Crippen molar-refractivity contribution in [1.82, 2.24) is 5.32 Å². The molecule has 1 aromatic carbocycles. The Bertz CT molecular complexity index is 331. The van der Waals surface area contributed by atoms with Crippen molar-refractivity contribution in [3.8, 4) is 0 Å². The van der Waals surface area contributed by atoms with E-state index in [1.807, 2.05) is 11.8 Å². The van der Waals surface area contributed by atoms with Crippen LogP contribution in [0, 0.1) is 0 Å². The van der Waals surface area contributed by atoms with E-state index in [0.717, 1.165) is 39.1 Å². The van der Waals surface area contributed by atoms with Crippen LogP contribution in [0.3, 0.4) is 0 Å². The zero-order valence-corrected chi connectivity index (χ0v) is 12.0. The van der Waals surface area contributed by atoms with Crippen molar-refractivity contribution in [3.05, 3.63) is 29.8 Å². The zero-order chi connectivity index (χ0) is 12.6. The van der Waals surface area contributed by atoms with Crippen molar-refractivity contribution >= 4 is 11.8 Å². The van der Waals surface area contributed by atoms with Crippen LogP contribution in [0.4, 0.5) is 0 Å². The number of nitrogens with one attached hydrogen (secondary N) is 1. The lowest BCUT2D eigenvalue weighted by molar-refractivity contribution is 0.132. The summed E-state index contributed by atoms with van der Waals surface area (Å²) in [5, 5.41) is 4.25. The molecule has 0 aliphatic carbocycles. The van der Waals surface area contributed by atoms with E-state index >= 15 is 0 Å². The van der Waals surface area contributed by atoms with Gasteiger partial charge in [-0.3, -0.25) is 0 Å². The summed E-state index contributed by atoms with van der Waals surface area (Å²) in [7, 11) is 0. The van der Waals surface area contributed by atoms with Crippen LogP contribution in [0.15, 0.2) is 29.2 Å². The van der Waals surface area contributed by atoms with Crippen molar-refractivity contribution < 1.29 is 4.74 Å². The highest BCUT2D eigenvalue weighted by Gasteiger charge is 2.20. The standard InChI is InChI=1S/C15H23NOS/c1-2-9-17-10-5-8-16-12-14-11-13-6-3-4-7-15(13)18-14/h3-4,6-7,14,16H,2,5,8-12H2,1H3. The molecule has 0 aromatic heterocycles. The molecular formula is C15H23NOS. The molecule has 3 heteroatoms. The zero-order valence-electron chi connectivity index (χ0n) is 11.2. The topological polar surface area (TPSA) is 21.3 Å². The van der Waals surface area contributed by atoms with Gasteiger partial charge in [0.05, 0.1) is 0 Å². The molecule has 2 nitrogen and oxygen atoms in total. The second-order valence-corrected chi connectivity index (χ2v) is 6.06. The van der Waals surface area contributed by atoms with Crippen LogP contribution >= 0.6 is 11.8 Å². The number of hydrogen-bond acceptors (Lipinski definition) is 3. The molecule has 1 atom stereocenters. The third-order valence-corrected chi connectivity index (χ3v) is 4.40. The number of rotatable bonds is 8. The Morgan fingerprint density at radius 1 is 1.33 bits per heavy atom. The molecule has 0 saturated heterocycles. The van der Waals surface area contributed by atoms with Gasteiger partial charge in [0.25, 0.3) is 0 Å². The second-order valence-electron chi connectivity index (χ2n) is 4.72.